The van der Waals surface area contributed by atoms with E-state index < -0.39 is 0 Å². The SMILES string of the molecule is COc1ccccc1OCCNC(=O)/C=C/c1ccccc1. The summed E-state index contributed by atoms with van der Waals surface area (Å²) in [7, 11) is 1.60. The Morgan fingerprint density at radius 3 is 2.45 bits per heavy atom. The van der Waals surface area contributed by atoms with Crippen molar-refractivity contribution in [3.63, 3.8) is 0 Å². The maximum absolute atomic E-state index is 11.7. The van der Waals surface area contributed by atoms with Gasteiger partial charge < -0.3 is 14.8 Å². The summed E-state index contributed by atoms with van der Waals surface area (Å²) in [4.78, 5) is 11.7. The predicted octanol–water partition coefficient (Wildman–Crippen LogP) is 2.90. The quantitative estimate of drug-likeness (QED) is 0.631. The fourth-order valence-electron chi connectivity index (χ4n) is 1.87. The van der Waals surface area contributed by atoms with Crippen LogP contribution in [0.25, 0.3) is 6.08 Å². The second kappa shape index (κ2) is 8.52. The van der Waals surface area contributed by atoms with Crippen LogP contribution in [0.4, 0.5) is 0 Å². The molecule has 1 N–H and O–H groups in total. The van der Waals surface area contributed by atoms with E-state index in [0.717, 1.165) is 5.56 Å². The highest BCUT2D eigenvalue weighted by Gasteiger charge is 2.02. The molecule has 0 saturated carbocycles. The van der Waals surface area contributed by atoms with Gasteiger partial charge in [-0.25, -0.2) is 0 Å². The van der Waals surface area contributed by atoms with Gasteiger partial charge in [0, 0.05) is 6.08 Å². The van der Waals surface area contributed by atoms with E-state index in [9.17, 15) is 4.79 Å². The van der Waals surface area contributed by atoms with E-state index in [2.05, 4.69) is 5.32 Å². The molecule has 4 heteroatoms. The molecule has 2 aromatic carbocycles. The Morgan fingerprint density at radius 2 is 1.73 bits per heavy atom. The fourth-order valence-corrected chi connectivity index (χ4v) is 1.87. The van der Waals surface area contributed by atoms with E-state index in [1.165, 1.54) is 6.08 Å². The van der Waals surface area contributed by atoms with Crippen LogP contribution in [-0.2, 0) is 4.79 Å². The third kappa shape index (κ3) is 4.98. The predicted molar refractivity (Wildman–Crippen MR) is 87.0 cm³/mol. The van der Waals surface area contributed by atoms with Crippen LogP contribution in [0.2, 0.25) is 0 Å². The molecule has 1 amide bonds. The Hall–Kier alpha value is -2.75. The van der Waals surface area contributed by atoms with Crippen LogP contribution in [0.15, 0.2) is 60.7 Å². The number of carbonyl (C=O) groups is 1. The van der Waals surface area contributed by atoms with E-state index in [-0.39, 0.29) is 5.91 Å². The minimum absolute atomic E-state index is 0.146. The number of rotatable bonds is 7. The van der Waals surface area contributed by atoms with Crippen molar-refractivity contribution in [1.29, 1.82) is 0 Å². The number of methoxy groups -OCH3 is 1. The monoisotopic (exact) mass is 297 g/mol. The topological polar surface area (TPSA) is 47.6 Å². The van der Waals surface area contributed by atoms with Crippen molar-refractivity contribution < 1.29 is 14.3 Å². The van der Waals surface area contributed by atoms with Gasteiger partial charge in [-0.1, -0.05) is 42.5 Å². The average molecular weight is 297 g/mol. The molecule has 0 bridgehead atoms. The zero-order chi connectivity index (χ0) is 15.6. The van der Waals surface area contributed by atoms with Crippen LogP contribution in [0, 0.1) is 0 Å². The van der Waals surface area contributed by atoms with E-state index in [4.69, 9.17) is 9.47 Å². The van der Waals surface area contributed by atoms with Gasteiger partial charge in [0.25, 0.3) is 0 Å². The molecular formula is C18H19NO3. The van der Waals surface area contributed by atoms with Crippen molar-refractivity contribution in [3.05, 3.63) is 66.2 Å². The standard InChI is InChI=1S/C18H19NO3/c1-21-16-9-5-6-10-17(16)22-14-13-19-18(20)12-11-15-7-3-2-4-8-15/h2-12H,13-14H2,1H3,(H,19,20)/b12-11+. The molecule has 0 radical (unpaired) electrons. The first-order valence-corrected chi connectivity index (χ1v) is 7.06. The van der Waals surface area contributed by atoms with E-state index in [1.54, 1.807) is 13.2 Å². The maximum Gasteiger partial charge on any atom is 0.244 e. The fraction of sp³-hybridized carbons (Fsp3) is 0.167. The van der Waals surface area contributed by atoms with Gasteiger partial charge in [0.05, 0.1) is 13.7 Å². The molecule has 0 fully saturated rings. The first-order chi connectivity index (χ1) is 10.8. The molecule has 4 nitrogen and oxygen atoms in total. The van der Waals surface area contributed by atoms with Crippen LogP contribution < -0.4 is 14.8 Å². The highest BCUT2D eigenvalue weighted by molar-refractivity contribution is 5.91. The Labute approximate surface area is 130 Å². The Balaban J connectivity index is 1.72. The average Bonchev–Trinajstić information content (AvgIpc) is 2.58. The number of benzene rings is 2. The van der Waals surface area contributed by atoms with Crippen molar-refractivity contribution >= 4 is 12.0 Å². The molecule has 0 aromatic heterocycles. The number of ether oxygens (including phenoxy) is 2. The first kappa shape index (κ1) is 15.6. The summed E-state index contributed by atoms with van der Waals surface area (Å²) in [5.41, 5.74) is 0.989. The molecule has 2 aromatic rings. The van der Waals surface area contributed by atoms with Gasteiger partial charge in [0.1, 0.15) is 6.61 Å². The van der Waals surface area contributed by atoms with Gasteiger partial charge in [0.15, 0.2) is 11.5 Å². The molecule has 0 heterocycles. The summed E-state index contributed by atoms with van der Waals surface area (Å²) in [5.74, 6) is 1.20. The molecule has 0 spiro atoms. The molecule has 22 heavy (non-hydrogen) atoms. The lowest BCUT2D eigenvalue weighted by Crippen LogP contribution is -2.26. The summed E-state index contributed by atoms with van der Waals surface area (Å²) >= 11 is 0. The molecule has 2 rings (SSSR count). The smallest absolute Gasteiger partial charge is 0.244 e. The zero-order valence-corrected chi connectivity index (χ0v) is 12.5. The van der Waals surface area contributed by atoms with Crippen molar-refractivity contribution in [2.75, 3.05) is 20.3 Å². The largest absolute Gasteiger partial charge is 0.493 e. The number of hydrogen-bond donors (Lipinski definition) is 1. The summed E-state index contributed by atoms with van der Waals surface area (Å²) in [6, 6.07) is 17.1. The molecule has 0 aliphatic heterocycles. The molecule has 0 saturated heterocycles. The normalized spacial score (nSPS) is 10.4. The van der Waals surface area contributed by atoms with Crippen molar-refractivity contribution in [1.82, 2.24) is 5.32 Å². The molecule has 0 atom stereocenters. The third-order valence-corrected chi connectivity index (χ3v) is 2.95. The number of carbonyl (C=O) groups excluding carboxylic acids is 1. The van der Waals surface area contributed by atoms with Crippen molar-refractivity contribution in [2.24, 2.45) is 0 Å². The summed E-state index contributed by atoms with van der Waals surface area (Å²) in [5, 5.41) is 2.77. The Kier molecular flexibility index (Phi) is 6.05. The van der Waals surface area contributed by atoms with Crippen LogP contribution >= 0.6 is 0 Å². The number of amides is 1. The maximum atomic E-state index is 11.7. The van der Waals surface area contributed by atoms with Gasteiger partial charge in [-0.05, 0) is 23.8 Å². The Morgan fingerprint density at radius 1 is 1.05 bits per heavy atom. The van der Waals surface area contributed by atoms with Crippen LogP contribution in [0.3, 0.4) is 0 Å². The molecule has 0 unspecified atom stereocenters. The van der Waals surface area contributed by atoms with Crippen molar-refractivity contribution in [2.45, 2.75) is 0 Å². The van der Waals surface area contributed by atoms with Crippen molar-refractivity contribution in [3.8, 4) is 11.5 Å². The lowest BCUT2D eigenvalue weighted by molar-refractivity contribution is -0.116. The second-order valence-electron chi connectivity index (χ2n) is 4.53. The van der Waals surface area contributed by atoms with E-state index >= 15 is 0 Å². The van der Waals surface area contributed by atoms with Gasteiger partial charge in [-0.15, -0.1) is 0 Å². The number of para-hydroxylation sites is 2. The molecule has 0 aliphatic rings. The third-order valence-electron chi connectivity index (χ3n) is 2.95. The van der Waals surface area contributed by atoms with E-state index in [0.29, 0.717) is 24.7 Å². The summed E-state index contributed by atoms with van der Waals surface area (Å²) in [6.07, 6.45) is 3.29. The van der Waals surface area contributed by atoms with E-state index in [1.807, 2.05) is 54.6 Å². The lowest BCUT2D eigenvalue weighted by atomic mass is 10.2. The van der Waals surface area contributed by atoms with Gasteiger partial charge in [-0.2, -0.15) is 0 Å². The van der Waals surface area contributed by atoms with Gasteiger partial charge in [0.2, 0.25) is 5.91 Å². The minimum atomic E-state index is -0.146. The minimum Gasteiger partial charge on any atom is -0.493 e. The lowest BCUT2D eigenvalue weighted by Gasteiger charge is -2.10. The number of hydrogen-bond acceptors (Lipinski definition) is 3. The van der Waals surface area contributed by atoms with Crippen LogP contribution in [0.1, 0.15) is 5.56 Å². The molecule has 0 aliphatic carbocycles. The highest BCUT2D eigenvalue weighted by Crippen LogP contribution is 2.25. The highest BCUT2D eigenvalue weighted by atomic mass is 16.5. The van der Waals surface area contributed by atoms with Gasteiger partial charge in [-0.3, -0.25) is 4.79 Å². The van der Waals surface area contributed by atoms with Crippen LogP contribution in [0.5, 0.6) is 11.5 Å². The summed E-state index contributed by atoms with van der Waals surface area (Å²) in [6.45, 7) is 0.807. The first-order valence-electron chi connectivity index (χ1n) is 7.06. The second-order valence-corrected chi connectivity index (χ2v) is 4.53. The Bertz CT molecular complexity index is 623. The number of nitrogens with one attached hydrogen (secondary N) is 1. The van der Waals surface area contributed by atoms with Crippen LogP contribution in [-0.4, -0.2) is 26.2 Å². The van der Waals surface area contributed by atoms with Gasteiger partial charge >= 0.3 is 0 Å². The molecular weight excluding hydrogens is 278 g/mol. The molecule has 114 valence electrons. The summed E-state index contributed by atoms with van der Waals surface area (Å²) < 4.78 is 10.8. The zero-order valence-electron chi connectivity index (χ0n) is 12.5.